The standard InChI is InChI=1S/C20H28Cl3NO3/c1-15(2)24-27-11-8-6-4-5-7-10-26-20-16(3)13-17(14-18(20)21)25-12-9-19(22)23/h9,13-14H,4-8,10-12H2,1-3H3. The second kappa shape index (κ2) is 14.0. The van der Waals surface area contributed by atoms with E-state index in [1.807, 2.05) is 26.8 Å². The van der Waals surface area contributed by atoms with E-state index in [9.17, 15) is 0 Å². The van der Waals surface area contributed by atoms with Crippen LogP contribution < -0.4 is 9.47 Å². The highest BCUT2D eigenvalue weighted by atomic mass is 35.5. The van der Waals surface area contributed by atoms with Gasteiger partial charge in [-0.3, -0.25) is 0 Å². The molecule has 0 aromatic heterocycles. The third-order valence-corrected chi connectivity index (χ3v) is 4.15. The highest BCUT2D eigenvalue weighted by Gasteiger charge is 2.09. The molecule has 0 amide bonds. The van der Waals surface area contributed by atoms with Crippen molar-refractivity contribution in [3.63, 3.8) is 0 Å². The predicted octanol–water partition coefficient (Wildman–Crippen LogP) is 7.09. The van der Waals surface area contributed by atoms with Gasteiger partial charge in [0.1, 0.15) is 29.2 Å². The van der Waals surface area contributed by atoms with Crippen LogP contribution in [0.3, 0.4) is 0 Å². The van der Waals surface area contributed by atoms with Gasteiger partial charge in [-0.1, -0.05) is 52.8 Å². The van der Waals surface area contributed by atoms with Gasteiger partial charge >= 0.3 is 0 Å². The van der Waals surface area contributed by atoms with Gasteiger partial charge in [0.25, 0.3) is 0 Å². The van der Waals surface area contributed by atoms with Crippen molar-refractivity contribution in [2.75, 3.05) is 19.8 Å². The third kappa shape index (κ3) is 11.4. The van der Waals surface area contributed by atoms with Crippen LogP contribution in [0.25, 0.3) is 0 Å². The molecule has 0 unspecified atom stereocenters. The van der Waals surface area contributed by atoms with E-state index >= 15 is 0 Å². The number of halogens is 3. The van der Waals surface area contributed by atoms with E-state index in [-0.39, 0.29) is 11.1 Å². The molecule has 0 saturated heterocycles. The summed E-state index contributed by atoms with van der Waals surface area (Å²) in [6, 6.07) is 3.62. The summed E-state index contributed by atoms with van der Waals surface area (Å²) in [5.41, 5.74) is 1.87. The van der Waals surface area contributed by atoms with E-state index in [0.29, 0.717) is 29.7 Å². The van der Waals surface area contributed by atoms with Crippen LogP contribution in [0.15, 0.2) is 27.9 Å². The van der Waals surface area contributed by atoms with Crippen LogP contribution in [0.2, 0.25) is 5.02 Å². The Labute approximate surface area is 177 Å². The zero-order valence-corrected chi connectivity index (χ0v) is 18.5. The maximum atomic E-state index is 6.31. The van der Waals surface area contributed by atoms with Gasteiger partial charge in [-0.05, 0) is 57.7 Å². The molecule has 0 aliphatic heterocycles. The average Bonchev–Trinajstić information content (AvgIpc) is 2.58. The average molecular weight is 437 g/mol. The third-order valence-electron chi connectivity index (χ3n) is 3.56. The minimum absolute atomic E-state index is 0.176. The summed E-state index contributed by atoms with van der Waals surface area (Å²) in [4.78, 5) is 5.17. The topological polar surface area (TPSA) is 40.0 Å². The van der Waals surface area contributed by atoms with Crippen molar-refractivity contribution >= 4 is 40.5 Å². The number of hydrogen-bond donors (Lipinski definition) is 0. The smallest absolute Gasteiger partial charge is 0.141 e. The molecule has 152 valence electrons. The molecule has 0 heterocycles. The van der Waals surface area contributed by atoms with Crippen molar-refractivity contribution in [3.05, 3.63) is 33.3 Å². The summed E-state index contributed by atoms with van der Waals surface area (Å²) >= 11 is 17.4. The normalized spacial score (nSPS) is 10.3. The largest absolute Gasteiger partial charge is 0.492 e. The Morgan fingerprint density at radius 1 is 1.00 bits per heavy atom. The van der Waals surface area contributed by atoms with Gasteiger partial charge in [0.05, 0.1) is 17.3 Å². The first-order valence-electron chi connectivity index (χ1n) is 9.10. The van der Waals surface area contributed by atoms with Crippen LogP contribution in [0.5, 0.6) is 11.5 Å². The first-order chi connectivity index (χ1) is 12.9. The lowest BCUT2D eigenvalue weighted by Crippen LogP contribution is -2.01. The first kappa shape index (κ1) is 23.9. The van der Waals surface area contributed by atoms with E-state index in [1.165, 1.54) is 0 Å². The Balaban J connectivity index is 2.24. The van der Waals surface area contributed by atoms with E-state index in [4.69, 9.17) is 49.1 Å². The van der Waals surface area contributed by atoms with Crippen molar-refractivity contribution in [1.29, 1.82) is 0 Å². The summed E-state index contributed by atoms with van der Waals surface area (Å²) in [5, 5.41) is 4.45. The molecule has 0 fully saturated rings. The van der Waals surface area contributed by atoms with Crippen LogP contribution in [0.4, 0.5) is 0 Å². The second-order valence-corrected chi connectivity index (χ2v) is 7.76. The second-order valence-electron chi connectivity index (χ2n) is 6.34. The number of ether oxygens (including phenoxy) is 2. The minimum atomic E-state index is 0.176. The molecule has 1 aromatic rings. The fraction of sp³-hybridized carbons (Fsp3) is 0.550. The van der Waals surface area contributed by atoms with E-state index in [2.05, 4.69) is 5.16 Å². The number of aryl methyl sites for hydroxylation is 1. The number of hydrogen-bond acceptors (Lipinski definition) is 4. The molecule has 0 N–H and O–H groups in total. The predicted molar refractivity (Wildman–Crippen MR) is 115 cm³/mol. The van der Waals surface area contributed by atoms with E-state index < -0.39 is 0 Å². The maximum absolute atomic E-state index is 6.31. The lowest BCUT2D eigenvalue weighted by Gasteiger charge is -2.13. The van der Waals surface area contributed by atoms with Gasteiger partial charge in [0.15, 0.2) is 0 Å². The van der Waals surface area contributed by atoms with Crippen LogP contribution in [-0.2, 0) is 4.84 Å². The fourth-order valence-electron chi connectivity index (χ4n) is 2.31. The van der Waals surface area contributed by atoms with Crippen molar-refractivity contribution in [3.8, 4) is 11.5 Å². The molecule has 1 rings (SSSR count). The minimum Gasteiger partial charge on any atom is -0.492 e. The van der Waals surface area contributed by atoms with Crippen molar-refractivity contribution in [1.82, 2.24) is 0 Å². The van der Waals surface area contributed by atoms with Crippen LogP contribution in [-0.4, -0.2) is 25.5 Å². The Bertz CT molecular complexity index is 602. The van der Waals surface area contributed by atoms with Gasteiger partial charge in [0.2, 0.25) is 0 Å². The summed E-state index contributed by atoms with van der Waals surface area (Å²) in [6.07, 6.45) is 6.97. The zero-order chi connectivity index (χ0) is 20.1. The molecule has 27 heavy (non-hydrogen) atoms. The van der Waals surface area contributed by atoms with Crippen LogP contribution in [0.1, 0.15) is 51.5 Å². The highest BCUT2D eigenvalue weighted by Crippen LogP contribution is 2.33. The molecule has 4 nitrogen and oxygen atoms in total. The Kier molecular flexibility index (Phi) is 12.4. The molecule has 7 heteroatoms. The Morgan fingerprint density at radius 3 is 2.30 bits per heavy atom. The number of oxime groups is 1. The number of rotatable bonds is 13. The molecule has 0 saturated carbocycles. The van der Waals surface area contributed by atoms with Crippen molar-refractivity contribution < 1.29 is 14.3 Å². The zero-order valence-electron chi connectivity index (χ0n) is 16.2. The number of nitrogens with zero attached hydrogens (tertiary/aromatic N) is 1. The molecule has 0 bridgehead atoms. The molecular formula is C20H28Cl3NO3. The number of benzene rings is 1. The number of unbranched alkanes of at least 4 members (excludes halogenated alkanes) is 4. The van der Waals surface area contributed by atoms with Crippen molar-refractivity contribution in [2.24, 2.45) is 5.16 Å². The van der Waals surface area contributed by atoms with Gasteiger partial charge in [-0.25, -0.2) is 0 Å². The maximum Gasteiger partial charge on any atom is 0.141 e. The molecule has 0 spiro atoms. The quantitative estimate of drug-likeness (QED) is 0.188. The fourth-order valence-corrected chi connectivity index (χ4v) is 2.75. The Morgan fingerprint density at radius 2 is 1.67 bits per heavy atom. The SMILES string of the molecule is CC(C)=NOCCCCCCCOc1c(C)cc(OCC=C(Cl)Cl)cc1Cl. The monoisotopic (exact) mass is 435 g/mol. The van der Waals surface area contributed by atoms with Crippen molar-refractivity contribution in [2.45, 2.75) is 52.9 Å². The summed E-state index contributed by atoms with van der Waals surface area (Å²) in [5.74, 6) is 1.36. The molecular weight excluding hydrogens is 409 g/mol. The first-order valence-corrected chi connectivity index (χ1v) is 10.2. The molecule has 0 aliphatic rings. The molecule has 0 atom stereocenters. The summed E-state index contributed by atoms with van der Waals surface area (Å²) in [7, 11) is 0. The van der Waals surface area contributed by atoms with Gasteiger partial charge in [0, 0.05) is 6.07 Å². The van der Waals surface area contributed by atoms with Crippen LogP contribution >= 0.6 is 34.8 Å². The summed E-state index contributed by atoms with van der Waals surface area (Å²) < 4.78 is 11.6. The van der Waals surface area contributed by atoms with E-state index in [0.717, 1.165) is 43.4 Å². The van der Waals surface area contributed by atoms with Gasteiger partial charge < -0.3 is 14.3 Å². The summed E-state index contributed by atoms with van der Waals surface area (Å²) in [6.45, 7) is 7.39. The lowest BCUT2D eigenvalue weighted by molar-refractivity contribution is 0.139. The van der Waals surface area contributed by atoms with Gasteiger partial charge in [-0.2, -0.15) is 0 Å². The molecule has 1 aromatic carbocycles. The molecule has 0 radical (unpaired) electrons. The Hall–Kier alpha value is -1.10. The highest BCUT2D eigenvalue weighted by molar-refractivity contribution is 6.55. The van der Waals surface area contributed by atoms with E-state index in [1.54, 1.807) is 12.1 Å². The van der Waals surface area contributed by atoms with Crippen LogP contribution in [0, 0.1) is 6.92 Å². The van der Waals surface area contributed by atoms with Gasteiger partial charge in [-0.15, -0.1) is 0 Å². The molecule has 0 aliphatic carbocycles. The lowest BCUT2D eigenvalue weighted by atomic mass is 10.1.